The van der Waals surface area contributed by atoms with Gasteiger partial charge in [0.15, 0.2) is 0 Å². The first-order chi connectivity index (χ1) is 12.6. The first-order valence-corrected chi connectivity index (χ1v) is 8.47. The molecular formula is C19H14BrN3O3. The van der Waals surface area contributed by atoms with Gasteiger partial charge in [0.1, 0.15) is 11.3 Å². The minimum absolute atomic E-state index is 0.145. The predicted octanol–water partition coefficient (Wildman–Crippen LogP) is 3.71. The minimum Gasteiger partial charge on any atom is -0.438 e. The van der Waals surface area contributed by atoms with Gasteiger partial charge in [-0.15, -0.1) is 0 Å². The van der Waals surface area contributed by atoms with Gasteiger partial charge in [-0.1, -0.05) is 30.3 Å². The van der Waals surface area contributed by atoms with Gasteiger partial charge in [-0.25, -0.2) is 4.98 Å². The van der Waals surface area contributed by atoms with Crippen LogP contribution in [0.4, 0.5) is 0 Å². The van der Waals surface area contributed by atoms with Gasteiger partial charge in [0, 0.05) is 10.7 Å². The first kappa shape index (κ1) is 17.6. The van der Waals surface area contributed by atoms with Crippen LogP contribution >= 0.6 is 15.9 Å². The highest BCUT2D eigenvalue weighted by Gasteiger charge is 2.16. The van der Waals surface area contributed by atoms with E-state index in [4.69, 9.17) is 4.74 Å². The number of para-hydroxylation sites is 1. The van der Waals surface area contributed by atoms with Gasteiger partial charge in [0.05, 0.1) is 5.56 Å². The van der Waals surface area contributed by atoms with Crippen LogP contribution in [0.1, 0.15) is 20.7 Å². The summed E-state index contributed by atoms with van der Waals surface area (Å²) in [7, 11) is 0. The molecule has 0 saturated heterocycles. The fraction of sp³-hybridized carbons (Fsp3) is 0. The third-order valence-electron chi connectivity index (χ3n) is 3.38. The molecule has 2 aromatic carbocycles. The van der Waals surface area contributed by atoms with E-state index in [1.54, 1.807) is 48.5 Å². The molecule has 3 aromatic rings. The Morgan fingerprint density at radius 3 is 2.15 bits per heavy atom. The summed E-state index contributed by atoms with van der Waals surface area (Å²) < 4.78 is 6.28. The van der Waals surface area contributed by atoms with Crippen molar-refractivity contribution in [2.45, 2.75) is 0 Å². The minimum atomic E-state index is -0.538. The number of hydrogen-bond acceptors (Lipinski definition) is 4. The van der Waals surface area contributed by atoms with E-state index < -0.39 is 11.8 Å². The molecule has 1 aromatic heterocycles. The lowest BCUT2D eigenvalue weighted by Crippen LogP contribution is -2.41. The van der Waals surface area contributed by atoms with E-state index in [9.17, 15) is 9.59 Å². The number of carbonyl (C=O) groups is 2. The Balaban J connectivity index is 1.70. The van der Waals surface area contributed by atoms with Crippen molar-refractivity contribution in [2.24, 2.45) is 0 Å². The average Bonchev–Trinajstić information content (AvgIpc) is 2.67. The number of amides is 2. The second kappa shape index (κ2) is 8.26. The van der Waals surface area contributed by atoms with E-state index in [-0.39, 0.29) is 11.4 Å². The Bertz CT molecular complexity index is 932. The van der Waals surface area contributed by atoms with Crippen LogP contribution in [0.3, 0.4) is 0 Å². The Morgan fingerprint density at radius 1 is 0.808 bits per heavy atom. The summed E-state index contributed by atoms with van der Waals surface area (Å²) in [5.74, 6) is -0.284. The molecule has 130 valence electrons. The second-order valence-electron chi connectivity index (χ2n) is 5.16. The molecule has 2 N–H and O–H groups in total. The van der Waals surface area contributed by atoms with E-state index in [1.807, 2.05) is 18.2 Å². The number of carbonyl (C=O) groups excluding carboxylic acids is 2. The normalized spacial score (nSPS) is 10.0. The van der Waals surface area contributed by atoms with Crippen molar-refractivity contribution >= 4 is 27.7 Å². The molecule has 6 nitrogen and oxygen atoms in total. The molecule has 3 rings (SSSR count). The van der Waals surface area contributed by atoms with Crippen LogP contribution in [0.5, 0.6) is 11.6 Å². The molecule has 0 aliphatic carbocycles. The molecule has 0 aliphatic heterocycles. The average molecular weight is 412 g/mol. The number of halogens is 1. The summed E-state index contributed by atoms with van der Waals surface area (Å²) in [6, 6.07) is 19.1. The number of benzene rings is 2. The molecule has 0 spiro atoms. The molecule has 7 heteroatoms. The predicted molar refractivity (Wildman–Crippen MR) is 99.8 cm³/mol. The first-order valence-electron chi connectivity index (χ1n) is 7.68. The third-order valence-corrected chi connectivity index (χ3v) is 4.07. The number of nitrogens with zero attached hydrogens (tertiary/aromatic N) is 1. The smallest absolute Gasteiger partial charge is 0.275 e. The van der Waals surface area contributed by atoms with Crippen molar-refractivity contribution < 1.29 is 14.3 Å². The lowest BCUT2D eigenvalue weighted by atomic mass is 10.2. The lowest BCUT2D eigenvalue weighted by Gasteiger charge is -2.11. The van der Waals surface area contributed by atoms with Gasteiger partial charge < -0.3 is 4.74 Å². The van der Waals surface area contributed by atoms with Gasteiger partial charge in [-0.2, -0.15) is 0 Å². The summed E-state index contributed by atoms with van der Waals surface area (Å²) in [5, 5.41) is 0. The summed E-state index contributed by atoms with van der Waals surface area (Å²) in [4.78, 5) is 28.7. The van der Waals surface area contributed by atoms with Crippen LogP contribution in [-0.2, 0) is 0 Å². The number of ether oxygens (including phenoxy) is 1. The van der Waals surface area contributed by atoms with E-state index in [1.165, 1.54) is 6.20 Å². The molecule has 26 heavy (non-hydrogen) atoms. The fourth-order valence-electron chi connectivity index (χ4n) is 2.14. The van der Waals surface area contributed by atoms with Crippen LogP contribution in [0.15, 0.2) is 77.4 Å². The van der Waals surface area contributed by atoms with Crippen molar-refractivity contribution in [1.29, 1.82) is 0 Å². The molecule has 2 amide bonds. The Kier molecular flexibility index (Phi) is 5.60. The van der Waals surface area contributed by atoms with Crippen LogP contribution in [0, 0.1) is 0 Å². The van der Waals surface area contributed by atoms with Crippen LogP contribution in [-0.4, -0.2) is 16.8 Å². The molecule has 0 bridgehead atoms. The summed E-state index contributed by atoms with van der Waals surface area (Å²) >= 11 is 3.29. The maximum Gasteiger partial charge on any atom is 0.275 e. The fourth-order valence-corrected chi connectivity index (χ4v) is 2.60. The largest absolute Gasteiger partial charge is 0.438 e. The van der Waals surface area contributed by atoms with E-state index in [0.29, 0.717) is 15.8 Å². The number of hydrazine groups is 1. The number of pyridine rings is 1. The molecule has 0 fully saturated rings. The molecule has 0 unspecified atom stereocenters. The monoisotopic (exact) mass is 411 g/mol. The quantitative estimate of drug-likeness (QED) is 0.641. The number of nitrogens with one attached hydrogen (secondary N) is 2. The lowest BCUT2D eigenvalue weighted by molar-refractivity contribution is 0.0844. The standard InChI is InChI=1S/C19H14BrN3O3/c20-16-11-5-4-9-14(16)17(24)22-23-18(25)15-10-6-12-21-19(15)26-13-7-2-1-3-8-13/h1-12H,(H,22,24)(H,23,25). The Morgan fingerprint density at radius 2 is 1.42 bits per heavy atom. The topological polar surface area (TPSA) is 80.3 Å². The maximum absolute atomic E-state index is 12.4. The van der Waals surface area contributed by atoms with Crippen LogP contribution in [0.2, 0.25) is 0 Å². The van der Waals surface area contributed by atoms with Crippen molar-refractivity contribution in [3.05, 3.63) is 88.5 Å². The zero-order valence-corrected chi connectivity index (χ0v) is 15.1. The Hall–Kier alpha value is -3.19. The molecule has 0 saturated carbocycles. The third kappa shape index (κ3) is 4.25. The Labute approximate surface area is 158 Å². The van der Waals surface area contributed by atoms with Crippen molar-refractivity contribution in [3.8, 4) is 11.6 Å². The van der Waals surface area contributed by atoms with Gasteiger partial charge in [-0.3, -0.25) is 20.4 Å². The summed E-state index contributed by atoms with van der Waals surface area (Å²) in [6.45, 7) is 0. The molecule has 0 radical (unpaired) electrons. The van der Waals surface area contributed by atoms with Gasteiger partial charge in [0.2, 0.25) is 5.88 Å². The number of rotatable bonds is 4. The maximum atomic E-state index is 12.4. The van der Waals surface area contributed by atoms with Crippen LogP contribution < -0.4 is 15.6 Å². The highest BCUT2D eigenvalue weighted by Crippen LogP contribution is 2.22. The summed E-state index contributed by atoms with van der Waals surface area (Å²) in [6.07, 6.45) is 1.52. The zero-order valence-electron chi connectivity index (χ0n) is 13.5. The van der Waals surface area contributed by atoms with Crippen LogP contribution in [0.25, 0.3) is 0 Å². The zero-order chi connectivity index (χ0) is 18.4. The molecule has 1 heterocycles. The molecular weight excluding hydrogens is 398 g/mol. The van der Waals surface area contributed by atoms with Crippen molar-refractivity contribution in [2.75, 3.05) is 0 Å². The SMILES string of the molecule is O=C(NNC(=O)c1cccnc1Oc1ccccc1)c1ccccc1Br. The molecule has 0 aliphatic rings. The second-order valence-corrected chi connectivity index (χ2v) is 6.01. The van der Waals surface area contributed by atoms with E-state index in [0.717, 1.165) is 0 Å². The van der Waals surface area contributed by atoms with E-state index >= 15 is 0 Å². The van der Waals surface area contributed by atoms with Gasteiger partial charge in [-0.05, 0) is 52.3 Å². The van der Waals surface area contributed by atoms with Gasteiger partial charge >= 0.3 is 0 Å². The van der Waals surface area contributed by atoms with Crippen molar-refractivity contribution in [3.63, 3.8) is 0 Å². The van der Waals surface area contributed by atoms with E-state index in [2.05, 4.69) is 31.8 Å². The highest BCUT2D eigenvalue weighted by molar-refractivity contribution is 9.10. The molecule has 0 atom stereocenters. The highest BCUT2D eigenvalue weighted by atomic mass is 79.9. The van der Waals surface area contributed by atoms with Gasteiger partial charge in [0.25, 0.3) is 11.8 Å². The number of hydrogen-bond donors (Lipinski definition) is 2. The summed E-state index contributed by atoms with van der Waals surface area (Å²) in [5.41, 5.74) is 5.35. The van der Waals surface area contributed by atoms with Crippen molar-refractivity contribution in [1.82, 2.24) is 15.8 Å². The number of aromatic nitrogens is 1.